The van der Waals surface area contributed by atoms with Gasteiger partial charge in [-0.25, -0.2) is 0 Å². The lowest BCUT2D eigenvalue weighted by molar-refractivity contribution is -0.134. The van der Waals surface area contributed by atoms with Gasteiger partial charge in [0.2, 0.25) is 5.91 Å². The van der Waals surface area contributed by atoms with Crippen molar-refractivity contribution >= 4 is 23.2 Å². The number of nitrogens with one attached hydrogen (secondary N) is 1. The highest BCUT2D eigenvalue weighted by Crippen LogP contribution is 2.28. The molecule has 164 valence electrons. The number of piperazine rings is 1. The minimum Gasteiger partial charge on any atom is -0.366 e. The second kappa shape index (κ2) is 9.69. The largest absolute Gasteiger partial charge is 0.366 e. The fraction of sp³-hybridized carbons (Fsp3) is 0.259. The van der Waals surface area contributed by atoms with E-state index < -0.39 is 0 Å². The molecule has 3 aromatic carbocycles. The van der Waals surface area contributed by atoms with Gasteiger partial charge >= 0.3 is 0 Å². The summed E-state index contributed by atoms with van der Waals surface area (Å²) in [5.74, 6) is 0.0808. The molecule has 1 aliphatic heterocycles. The van der Waals surface area contributed by atoms with Crippen LogP contribution in [0.5, 0.6) is 0 Å². The lowest BCUT2D eigenvalue weighted by atomic mass is 10.0. The number of amides is 2. The zero-order valence-electron chi connectivity index (χ0n) is 18.6. The molecule has 3 aromatic rings. The average molecular weight is 428 g/mol. The van der Waals surface area contributed by atoms with E-state index in [0.29, 0.717) is 18.7 Å². The van der Waals surface area contributed by atoms with Crippen LogP contribution < -0.4 is 10.2 Å². The van der Waals surface area contributed by atoms with E-state index in [1.54, 1.807) is 0 Å². The van der Waals surface area contributed by atoms with Crippen molar-refractivity contribution in [3.05, 3.63) is 84.4 Å². The monoisotopic (exact) mass is 427 g/mol. The first-order valence-corrected chi connectivity index (χ1v) is 11.1. The molecule has 2 amide bonds. The first-order valence-electron chi connectivity index (χ1n) is 11.1. The molecule has 1 N–H and O–H groups in total. The highest BCUT2D eigenvalue weighted by molar-refractivity contribution is 6.06. The Morgan fingerprint density at radius 2 is 1.34 bits per heavy atom. The Morgan fingerprint density at radius 3 is 2.00 bits per heavy atom. The van der Waals surface area contributed by atoms with Crippen LogP contribution >= 0.6 is 0 Å². The van der Waals surface area contributed by atoms with Gasteiger partial charge in [-0.1, -0.05) is 68.4 Å². The zero-order valence-corrected chi connectivity index (χ0v) is 18.6. The quantitative estimate of drug-likeness (QED) is 0.629. The zero-order chi connectivity index (χ0) is 22.5. The van der Waals surface area contributed by atoms with Crippen molar-refractivity contribution in [1.82, 2.24) is 4.90 Å². The summed E-state index contributed by atoms with van der Waals surface area (Å²) < 4.78 is 0. The molecule has 1 fully saturated rings. The number of hydrogen-bond acceptors (Lipinski definition) is 3. The van der Waals surface area contributed by atoms with Crippen molar-refractivity contribution in [2.45, 2.75) is 13.8 Å². The molecule has 5 heteroatoms. The average Bonchev–Trinajstić information content (AvgIpc) is 2.84. The van der Waals surface area contributed by atoms with Crippen LogP contribution in [0.15, 0.2) is 78.9 Å². The first-order chi connectivity index (χ1) is 15.5. The van der Waals surface area contributed by atoms with Gasteiger partial charge in [-0.3, -0.25) is 9.59 Å². The predicted molar refractivity (Wildman–Crippen MR) is 130 cm³/mol. The van der Waals surface area contributed by atoms with Crippen molar-refractivity contribution in [1.29, 1.82) is 0 Å². The summed E-state index contributed by atoms with van der Waals surface area (Å²) in [6.45, 7) is 6.76. The van der Waals surface area contributed by atoms with E-state index in [-0.39, 0.29) is 17.7 Å². The van der Waals surface area contributed by atoms with Gasteiger partial charge in [-0.05, 0) is 35.4 Å². The highest BCUT2D eigenvalue weighted by atomic mass is 16.2. The Morgan fingerprint density at radius 1 is 0.750 bits per heavy atom. The van der Waals surface area contributed by atoms with Crippen LogP contribution in [0.3, 0.4) is 0 Å². The number of hydrogen-bond donors (Lipinski definition) is 1. The third-order valence-corrected chi connectivity index (χ3v) is 5.83. The molecule has 1 saturated heterocycles. The fourth-order valence-corrected chi connectivity index (χ4v) is 4.03. The predicted octanol–water partition coefficient (Wildman–Crippen LogP) is 4.91. The minimum atomic E-state index is -0.134. The van der Waals surface area contributed by atoms with E-state index in [1.165, 1.54) is 0 Å². The summed E-state index contributed by atoms with van der Waals surface area (Å²) in [6, 6.07) is 25.6. The lowest BCUT2D eigenvalue weighted by Crippen LogP contribution is -2.50. The summed E-state index contributed by atoms with van der Waals surface area (Å²) in [6.07, 6.45) is 0. The summed E-state index contributed by atoms with van der Waals surface area (Å²) in [5, 5.41) is 3.07. The summed E-state index contributed by atoms with van der Waals surface area (Å²) >= 11 is 0. The maximum Gasteiger partial charge on any atom is 0.255 e. The lowest BCUT2D eigenvalue weighted by Gasteiger charge is -2.37. The Kier molecular flexibility index (Phi) is 6.55. The number of carbonyl (C=O) groups is 2. The molecule has 0 atom stereocenters. The number of carbonyl (C=O) groups excluding carboxylic acids is 2. The van der Waals surface area contributed by atoms with Crippen LogP contribution in [-0.4, -0.2) is 42.9 Å². The number of anilines is 2. The van der Waals surface area contributed by atoms with Gasteiger partial charge in [0.05, 0.1) is 11.4 Å². The van der Waals surface area contributed by atoms with Gasteiger partial charge in [-0.2, -0.15) is 0 Å². The third kappa shape index (κ3) is 4.83. The standard InChI is InChI=1S/C27H29N3O2/c1-20(2)27(32)30-18-16-29(17-19-30)25-11-7-6-10-24(25)28-26(31)23-14-12-22(13-15-23)21-8-4-3-5-9-21/h3-15,20H,16-19H2,1-2H3,(H,28,31). The SMILES string of the molecule is CC(C)C(=O)N1CCN(c2ccccc2NC(=O)c2ccc(-c3ccccc3)cc2)CC1. The Bertz CT molecular complexity index is 1070. The highest BCUT2D eigenvalue weighted by Gasteiger charge is 2.24. The number of nitrogens with zero attached hydrogens (tertiary/aromatic N) is 2. The molecule has 0 aliphatic carbocycles. The van der Waals surface area contributed by atoms with Crippen LogP contribution in [0, 0.1) is 5.92 Å². The van der Waals surface area contributed by atoms with Gasteiger partial charge in [-0.15, -0.1) is 0 Å². The maximum atomic E-state index is 12.9. The van der Waals surface area contributed by atoms with Gasteiger partial charge in [0.1, 0.15) is 0 Å². The summed E-state index contributed by atoms with van der Waals surface area (Å²) in [4.78, 5) is 29.4. The molecule has 0 saturated carbocycles. The second-order valence-corrected chi connectivity index (χ2v) is 8.38. The molecule has 4 rings (SSSR count). The molecule has 0 bridgehead atoms. The minimum absolute atomic E-state index is 0.0152. The molecule has 0 aromatic heterocycles. The van der Waals surface area contributed by atoms with E-state index >= 15 is 0 Å². The normalized spacial score (nSPS) is 13.8. The Labute approximate surface area is 189 Å². The molecule has 5 nitrogen and oxygen atoms in total. The number of para-hydroxylation sites is 2. The van der Waals surface area contributed by atoms with Crippen LogP contribution in [-0.2, 0) is 4.79 Å². The van der Waals surface area contributed by atoms with Gasteiger partial charge < -0.3 is 15.1 Å². The van der Waals surface area contributed by atoms with Crippen molar-refractivity contribution in [3.63, 3.8) is 0 Å². The molecular formula is C27H29N3O2. The van der Waals surface area contributed by atoms with Crippen molar-refractivity contribution < 1.29 is 9.59 Å². The first kappa shape index (κ1) is 21.6. The van der Waals surface area contributed by atoms with E-state index in [9.17, 15) is 9.59 Å². The van der Waals surface area contributed by atoms with Crippen molar-refractivity contribution in [2.75, 3.05) is 36.4 Å². The molecular weight excluding hydrogens is 398 g/mol. The maximum absolute atomic E-state index is 12.9. The Hall–Kier alpha value is -3.60. The Balaban J connectivity index is 1.44. The van der Waals surface area contributed by atoms with Crippen molar-refractivity contribution in [3.8, 4) is 11.1 Å². The molecule has 32 heavy (non-hydrogen) atoms. The molecule has 0 radical (unpaired) electrons. The number of benzene rings is 3. The van der Waals surface area contributed by atoms with Gasteiger partial charge in [0.15, 0.2) is 0 Å². The van der Waals surface area contributed by atoms with E-state index in [1.807, 2.05) is 85.5 Å². The molecule has 0 spiro atoms. The second-order valence-electron chi connectivity index (χ2n) is 8.38. The smallest absolute Gasteiger partial charge is 0.255 e. The van der Waals surface area contributed by atoms with Crippen LogP contribution in [0.1, 0.15) is 24.2 Å². The topological polar surface area (TPSA) is 52.7 Å². The molecule has 1 heterocycles. The van der Waals surface area contributed by atoms with E-state index in [2.05, 4.69) is 22.3 Å². The summed E-state index contributed by atoms with van der Waals surface area (Å²) in [7, 11) is 0. The molecule has 0 unspecified atom stereocenters. The fourth-order valence-electron chi connectivity index (χ4n) is 4.03. The van der Waals surface area contributed by atoms with Crippen LogP contribution in [0.2, 0.25) is 0 Å². The van der Waals surface area contributed by atoms with E-state index in [0.717, 1.165) is 35.6 Å². The van der Waals surface area contributed by atoms with Crippen LogP contribution in [0.25, 0.3) is 11.1 Å². The van der Waals surface area contributed by atoms with Crippen molar-refractivity contribution in [2.24, 2.45) is 5.92 Å². The van der Waals surface area contributed by atoms with Crippen LogP contribution in [0.4, 0.5) is 11.4 Å². The van der Waals surface area contributed by atoms with Gasteiger partial charge in [0.25, 0.3) is 5.91 Å². The van der Waals surface area contributed by atoms with E-state index in [4.69, 9.17) is 0 Å². The molecule has 1 aliphatic rings. The summed E-state index contributed by atoms with van der Waals surface area (Å²) in [5.41, 5.74) is 4.59. The third-order valence-electron chi connectivity index (χ3n) is 5.83. The number of rotatable bonds is 5. The van der Waals surface area contributed by atoms with Gasteiger partial charge in [0, 0.05) is 37.7 Å².